The van der Waals surface area contributed by atoms with Gasteiger partial charge in [0.1, 0.15) is 5.82 Å². The van der Waals surface area contributed by atoms with Gasteiger partial charge in [-0.25, -0.2) is 9.97 Å². The molecule has 1 aliphatic rings. The molecular formula is C15H21N3O3. The van der Waals surface area contributed by atoms with Gasteiger partial charge in [0.2, 0.25) is 5.91 Å². The molecule has 0 aromatic carbocycles. The lowest BCUT2D eigenvalue weighted by atomic mass is 9.92. The second-order valence-electron chi connectivity index (χ2n) is 5.51. The SMILES string of the molecule is CC(=O)N1CCC(c2cc(CCC(=O)O)nc(C)n2)CC1. The van der Waals surface area contributed by atoms with Crippen LogP contribution in [-0.2, 0) is 16.0 Å². The van der Waals surface area contributed by atoms with Gasteiger partial charge in [0, 0.05) is 43.7 Å². The minimum Gasteiger partial charge on any atom is -0.481 e. The van der Waals surface area contributed by atoms with Crippen molar-refractivity contribution in [2.75, 3.05) is 13.1 Å². The molecule has 0 aliphatic carbocycles. The number of aromatic nitrogens is 2. The van der Waals surface area contributed by atoms with Crippen LogP contribution in [-0.4, -0.2) is 44.9 Å². The molecule has 2 heterocycles. The first kappa shape index (κ1) is 15.4. The average Bonchev–Trinajstić information content (AvgIpc) is 2.44. The standard InChI is InChI=1S/C15H21N3O3/c1-10-16-13(3-4-15(20)21)9-14(17-10)12-5-7-18(8-6-12)11(2)19/h9,12H,3-8H2,1-2H3,(H,20,21). The van der Waals surface area contributed by atoms with Gasteiger partial charge in [-0.2, -0.15) is 0 Å². The smallest absolute Gasteiger partial charge is 0.303 e. The summed E-state index contributed by atoms with van der Waals surface area (Å²) in [5.41, 5.74) is 1.76. The van der Waals surface area contributed by atoms with Gasteiger partial charge in [0.05, 0.1) is 6.42 Å². The lowest BCUT2D eigenvalue weighted by Gasteiger charge is -2.31. The van der Waals surface area contributed by atoms with E-state index < -0.39 is 5.97 Å². The predicted octanol–water partition coefficient (Wildman–Crippen LogP) is 1.53. The predicted molar refractivity (Wildman–Crippen MR) is 77.0 cm³/mol. The third kappa shape index (κ3) is 4.24. The van der Waals surface area contributed by atoms with Gasteiger partial charge in [-0.05, 0) is 25.8 Å². The summed E-state index contributed by atoms with van der Waals surface area (Å²) < 4.78 is 0. The topological polar surface area (TPSA) is 83.4 Å². The minimum atomic E-state index is -0.817. The zero-order chi connectivity index (χ0) is 15.4. The summed E-state index contributed by atoms with van der Waals surface area (Å²) in [7, 11) is 0. The summed E-state index contributed by atoms with van der Waals surface area (Å²) in [6.45, 7) is 4.94. The summed E-state index contributed by atoms with van der Waals surface area (Å²) in [4.78, 5) is 32.7. The molecule has 0 unspecified atom stereocenters. The summed E-state index contributed by atoms with van der Waals surface area (Å²) in [6, 6.07) is 1.92. The van der Waals surface area contributed by atoms with Crippen LogP contribution in [0.2, 0.25) is 0 Å². The van der Waals surface area contributed by atoms with Crippen molar-refractivity contribution in [2.45, 2.75) is 45.4 Å². The first-order valence-electron chi connectivity index (χ1n) is 7.27. The summed E-state index contributed by atoms with van der Waals surface area (Å²) in [5, 5.41) is 8.76. The zero-order valence-corrected chi connectivity index (χ0v) is 12.5. The molecule has 1 fully saturated rings. The van der Waals surface area contributed by atoms with Gasteiger partial charge < -0.3 is 10.0 Å². The fraction of sp³-hybridized carbons (Fsp3) is 0.600. The maximum atomic E-state index is 11.3. The number of carboxylic acids is 1. The number of hydrogen-bond donors (Lipinski definition) is 1. The summed E-state index contributed by atoms with van der Waals surface area (Å²) in [5.74, 6) is 0.310. The van der Waals surface area contributed by atoms with E-state index in [0.717, 1.165) is 37.3 Å². The van der Waals surface area contributed by atoms with Crippen LogP contribution in [0.4, 0.5) is 0 Å². The number of hydrogen-bond acceptors (Lipinski definition) is 4. The van der Waals surface area contributed by atoms with Crippen LogP contribution >= 0.6 is 0 Å². The quantitative estimate of drug-likeness (QED) is 0.909. The van der Waals surface area contributed by atoms with Crippen LogP contribution in [0, 0.1) is 6.92 Å². The van der Waals surface area contributed by atoms with Gasteiger partial charge in [-0.1, -0.05) is 0 Å². The molecule has 21 heavy (non-hydrogen) atoms. The lowest BCUT2D eigenvalue weighted by molar-refractivity contribution is -0.137. The van der Waals surface area contributed by atoms with E-state index >= 15 is 0 Å². The Bertz CT molecular complexity index is 537. The molecule has 0 spiro atoms. The third-order valence-electron chi connectivity index (χ3n) is 3.86. The molecule has 6 nitrogen and oxygen atoms in total. The van der Waals surface area contributed by atoms with Crippen molar-refractivity contribution in [2.24, 2.45) is 0 Å². The van der Waals surface area contributed by atoms with Crippen LogP contribution in [0.15, 0.2) is 6.07 Å². The second kappa shape index (κ2) is 6.65. The molecule has 2 rings (SSSR count). The van der Waals surface area contributed by atoms with E-state index in [2.05, 4.69) is 9.97 Å². The molecule has 1 saturated heterocycles. The molecule has 1 N–H and O–H groups in total. The van der Waals surface area contributed by atoms with E-state index in [1.54, 1.807) is 6.92 Å². The highest BCUT2D eigenvalue weighted by atomic mass is 16.4. The molecule has 0 bridgehead atoms. The third-order valence-corrected chi connectivity index (χ3v) is 3.86. The Morgan fingerprint density at radius 3 is 2.57 bits per heavy atom. The van der Waals surface area contributed by atoms with Crippen molar-refractivity contribution in [1.29, 1.82) is 0 Å². The molecule has 1 aromatic rings. The number of aliphatic carboxylic acids is 1. The van der Waals surface area contributed by atoms with Crippen LogP contribution in [0.3, 0.4) is 0 Å². The normalized spacial score (nSPS) is 16.0. The number of amides is 1. The monoisotopic (exact) mass is 291 g/mol. The van der Waals surface area contributed by atoms with E-state index in [0.29, 0.717) is 18.2 Å². The highest BCUT2D eigenvalue weighted by Gasteiger charge is 2.23. The van der Waals surface area contributed by atoms with Crippen LogP contribution in [0.25, 0.3) is 0 Å². The minimum absolute atomic E-state index is 0.0820. The van der Waals surface area contributed by atoms with E-state index in [1.165, 1.54) is 0 Å². The molecule has 114 valence electrons. The first-order valence-corrected chi connectivity index (χ1v) is 7.27. The second-order valence-corrected chi connectivity index (χ2v) is 5.51. The molecular weight excluding hydrogens is 270 g/mol. The van der Waals surface area contributed by atoms with Gasteiger partial charge in [-0.15, -0.1) is 0 Å². The Balaban J connectivity index is 2.06. The summed E-state index contributed by atoms with van der Waals surface area (Å²) in [6.07, 6.45) is 2.31. The Morgan fingerprint density at radius 1 is 1.33 bits per heavy atom. The average molecular weight is 291 g/mol. The highest BCUT2D eigenvalue weighted by molar-refractivity contribution is 5.73. The fourth-order valence-corrected chi connectivity index (χ4v) is 2.72. The van der Waals surface area contributed by atoms with E-state index in [-0.39, 0.29) is 12.3 Å². The van der Waals surface area contributed by atoms with Crippen molar-refractivity contribution < 1.29 is 14.7 Å². The molecule has 0 atom stereocenters. The maximum absolute atomic E-state index is 11.3. The molecule has 1 aliphatic heterocycles. The zero-order valence-electron chi connectivity index (χ0n) is 12.5. The Labute approximate surface area is 124 Å². The lowest BCUT2D eigenvalue weighted by Crippen LogP contribution is -2.36. The number of carboxylic acid groups (broad SMARTS) is 1. The number of likely N-dealkylation sites (tertiary alicyclic amines) is 1. The van der Waals surface area contributed by atoms with Crippen LogP contribution in [0.5, 0.6) is 0 Å². The largest absolute Gasteiger partial charge is 0.481 e. The van der Waals surface area contributed by atoms with Crippen molar-refractivity contribution >= 4 is 11.9 Å². The molecule has 0 saturated carbocycles. The van der Waals surface area contributed by atoms with Crippen LogP contribution in [0.1, 0.15) is 49.3 Å². The first-order chi connectivity index (χ1) is 9.95. The van der Waals surface area contributed by atoms with Gasteiger partial charge >= 0.3 is 5.97 Å². The Kier molecular flexibility index (Phi) is 4.88. The highest BCUT2D eigenvalue weighted by Crippen LogP contribution is 2.27. The van der Waals surface area contributed by atoms with Gasteiger partial charge in [0.15, 0.2) is 0 Å². The number of aryl methyl sites for hydroxylation is 2. The summed E-state index contributed by atoms with van der Waals surface area (Å²) >= 11 is 0. The molecule has 1 amide bonds. The Morgan fingerprint density at radius 2 is 2.00 bits per heavy atom. The van der Waals surface area contributed by atoms with Crippen molar-refractivity contribution in [3.05, 3.63) is 23.3 Å². The van der Waals surface area contributed by atoms with Crippen LogP contribution < -0.4 is 0 Å². The van der Waals surface area contributed by atoms with Crippen molar-refractivity contribution in [1.82, 2.24) is 14.9 Å². The molecule has 6 heteroatoms. The van der Waals surface area contributed by atoms with E-state index in [9.17, 15) is 9.59 Å². The number of nitrogens with zero attached hydrogens (tertiary/aromatic N) is 3. The number of piperidine rings is 1. The van der Waals surface area contributed by atoms with E-state index in [4.69, 9.17) is 5.11 Å². The van der Waals surface area contributed by atoms with Gasteiger partial charge in [0.25, 0.3) is 0 Å². The van der Waals surface area contributed by atoms with E-state index in [1.807, 2.05) is 17.9 Å². The van der Waals surface area contributed by atoms with Gasteiger partial charge in [-0.3, -0.25) is 9.59 Å². The number of carbonyl (C=O) groups excluding carboxylic acids is 1. The van der Waals surface area contributed by atoms with Crippen molar-refractivity contribution in [3.8, 4) is 0 Å². The Hall–Kier alpha value is -1.98. The molecule has 0 radical (unpaired) electrons. The maximum Gasteiger partial charge on any atom is 0.303 e. The molecule has 1 aromatic heterocycles. The number of rotatable bonds is 4. The van der Waals surface area contributed by atoms with Crippen molar-refractivity contribution in [3.63, 3.8) is 0 Å². The fourth-order valence-electron chi connectivity index (χ4n) is 2.72. The number of carbonyl (C=O) groups is 2.